The molecule has 0 aliphatic heterocycles. The lowest BCUT2D eigenvalue weighted by Crippen LogP contribution is -2.19. The Morgan fingerprint density at radius 1 is 1.67 bits per heavy atom. The lowest BCUT2D eigenvalue weighted by Gasteiger charge is -1.95. The maximum atomic E-state index is 10.2. The SMILES string of the molecule is NC(=O)OS(=O)(=O)CCl. The van der Waals surface area contributed by atoms with Crippen molar-refractivity contribution in [3.05, 3.63) is 0 Å². The highest BCUT2D eigenvalue weighted by molar-refractivity contribution is 7.88. The topological polar surface area (TPSA) is 86.5 Å². The first kappa shape index (κ1) is 8.51. The van der Waals surface area contributed by atoms with Gasteiger partial charge in [-0.05, 0) is 0 Å². The summed E-state index contributed by atoms with van der Waals surface area (Å²) in [5, 5.41) is -0.782. The van der Waals surface area contributed by atoms with Crippen molar-refractivity contribution in [2.75, 3.05) is 5.21 Å². The summed E-state index contributed by atoms with van der Waals surface area (Å²) < 4.78 is 23.9. The minimum absolute atomic E-state index is 0.782. The lowest BCUT2D eigenvalue weighted by molar-refractivity contribution is 0.213. The van der Waals surface area contributed by atoms with Gasteiger partial charge in [0.1, 0.15) is 0 Å². The molecular weight excluding hydrogens is 170 g/mol. The van der Waals surface area contributed by atoms with Crippen LogP contribution in [-0.4, -0.2) is 19.7 Å². The minimum atomic E-state index is -3.93. The predicted molar refractivity (Wildman–Crippen MR) is 30.3 cm³/mol. The molecule has 0 aromatic carbocycles. The highest BCUT2D eigenvalue weighted by Crippen LogP contribution is 1.94. The van der Waals surface area contributed by atoms with Crippen LogP contribution in [0.15, 0.2) is 0 Å². The highest BCUT2D eigenvalue weighted by atomic mass is 35.5. The van der Waals surface area contributed by atoms with Gasteiger partial charge in [0.15, 0.2) is 5.21 Å². The Bertz CT molecular complexity index is 197. The molecule has 9 heavy (non-hydrogen) atoms. The maximum absolute atomic E-state index is 10.2. The molecule has 54 valence electrons. The van der Waals surface area contributed by atoms with Crippen LogP contribution in [0.1, 0.15) is 0 Å². The Hall–Kier alpha value is -0.490. The third-order valence-electron chi connectivity index (χ3n) is 0.343. The van der Waals surface area contributed by atoms with Gasteiger partial charge in [-0.25, -0.2) is 4.79 Å². The number of hydrogen-bond donors (Lipinski definition) is 1. The average molecular weight is 174 g/mol. The van der Waals surface area contributed by atoms with E-state index in [0.29, 0.717) is 0 Å². The normalized spacial score (nSPS) is 10.8. The van der Waals surface area contributed by atoms with Crippen molar-refractivity contribution in [1.82, 2.24) is 0 Å². The molecule has 0 aromatic rings. The second-order valence-corrected chi connectivity index (χ2v) is 3.22. The van der Waals surface area contributed by atoms with Crippen LogP contribution in [0, 0.1) is 0 Å². The Morgan fingerprint density at radius 2 is 2.11 bits per heavy atom. The van der Waals surface area contributed by atoms with Crippen molar-refractivity contribution in [3.8, 4) is 0 Å². The number of carbonyl (C=O) groups excluding carboxylic acids is 1. The number of primary amides is 1. The molecule has 7 heteroatoms. The molecule has 0 saturated carbocycles. The van der Waals surface area contributed by atoms with E-state index < -0.39 is 21.4 Å². The second-order valence-electron chi connectivity index (χ2n) is 1.07. The fraction of sp³-hybridized carbons (Fsp3) is 0.500. The molecule has 0 heterocycles. The summed E-state index contributed by atoms with van der Waals surface area (Å²) in [5.41, 5.74) is 4.36. The van der Waals surface area contributed by atoms with Gasteiger partial charge in [-0.2, -0.15) is 8.42 Å². The van der Waals surface area contributed by atoms with Gasteiger partial charge in [-0.15, -0.1) is 11.6 Å². The molecule has 0 aliphatic rings. The van der Waals surface area contributed by atoms with E-state index in [1.165, 1.54) is 0 Å². The first-order valence-corrected chi connectivity index (χ1v) is 3.86. The maximum Gasteiger partial charge on any atom is 0.420 e. The van der Waals surface area contributed by atoms with Crippen molar-refractivity contribution in [2.24, 2.45) is 5.73 Å². The van der Waals surface area contributed by atoms with Gasteiger partial charge in [0.2, 0.25) is 0 Å². The van der Waals surface area contributed by atoms with Crippen molar-refractivity contribution < 1.29 is 17.4 Å². The van der Waals surface area contributed by atoms with Crippen molar-refractivity contribution in [3.63, 3.8) is 0 Å². The van der Waals surface area contributed by atoms with Gasteiger partial charge < -0.3 is 9.92 Å². The number of amides is 1. The fourth-order valence-corrected chi connectivity index (χ4v) is 0.576. The van der Waals surface area contributed by atoms with Crippen LogP contribution in [0.2, 0.25) is 0 Å². The number of halogens is 1. The zero-order valence-corrected chi connectivity index (χ0v) is 5.78. The molecule has 0 radical (unpaired) electrons. The highest BCUT2D eigenvalue weighted by Gasteiger charge is 2.11. The summed E-state index contributed by atoms with van der Waals surface area (Å²) in [7, 11) is -3.93. The van der Waals surface area contributed by atoms with Gasteiger partial charge in [0, 0.05) is 0 Å². The van der Waals surface area contributed by atoms with Gasteiger partial charge in [-0.3, -0.25) is 0 Å². The number of nitrogens with two attached hydrogens (primary N) is 1. The molecule has 5 nitrogen and oxygen atoms in total. The van der Waals surface area contributed by atoms with Crippen LogP contribution >= 0.6 is 11.6 Å². The van der Waals surface area contributed by atoms with E-state index in [1.807, 2.05) is 0 Å². The minimum Gasteiger partial charge on any atom is -0.334 e. The summed E-state index contributed by atoms with van der Waals surface area (Å²) >= 11 is 4.82. The fourth-order valence-electron chi connectivity index (χ4n) is 0.147. The Morgan fingerprint density at radius 3 is 2.22 bits per heavy atom. The largest absolute Gasteiger partial charge is 0.420 e. The summed E-state index contributed by atoms with van der Waals surface area (Å²) in [6.07, 6.45) is -1.38. The Kier molecular flexibility index (Phi) is 2.72. The monoisotopic (exact) mass is 173 g/mol. The third-order valence-corrected chi connectivity index (χ3v) is 1.83. The summed E-state index contributed by atoms with van der Waals surface area (Å²) in [6, 6.07) is 0. The smallest absolute Gasteiger partial charge is 0.334 e. The molecule has 0 fully saturated rings. The number of rotatable bonds is 2. The number of carbonyl (C=O) groups is 1. The summed E-state index contributed by atoms with van der Waals surface area (Å²) in [4.78, 5) is 9.74. The quantitative estimate of drug-likeness (QED) is 0.455. The second kappa shape index (κ2) is 2.88. The first-order chi connectivity index (χ1) is 3.98. The molecule has 0 atom stereocenters. The average Bonchev–Trinajstić information content (AvgIpc) is 1.63. The molecule has 0 unspecified atom stereocenters. The van der Waals surface area contributed by atoms with E-state index in [-0.39, 0.29) is 0 Å². The van der Waals surface area contributed by atoms with Crippen molar-refractivity contribution >= 4 is 27.8 Å². The van der Waals surface area contributed by atoms with Crippen LogP contribution in [0.3, 0.4) is 0 Å². The number of alkyl halides is 1. The van der Waals surface area contributed by atoms with Crippen LogP contribution < -0.4 is 5.73 Å². The molecule has 0 saturated heterocycles. The lowest BCUT2D eigenvalue weighted by atomic mass is 11.3. The van der Waals surface area contributed by atoms with Crippen LogP contribution in [0.25, 0.3) is 0 Å². The summed E-state index contributed by atoms with van der Waals surface area (Å²) in [6.45, 7) is 0. The van der Waals surface area contributed by atoms with Crippen LogP contribution in [0.5, 0.6) is 0 Å². The van der Waals surface area contributed by atoms with E-state index >= 15 is 0 Å². The zero-order chi connectivity index (χ0) is 7.49. The molecule has 0 rings (SSSR count). The zero-order valence-electron chi connectivity index (χ0n) is 4.20. The van der Waals surface area contributed by atoms with E-state index in [4.69, 9.17) is 11.6 Å². The Balaban J connectivity index is 4.06. The first-order valence-electron chi connectivity index (χ1n) is 1.75. The number of hydrogen-bond acceptors (Lipinski definition) is 4. The van der Waals surface area contributed by atoms with Gasteiger partial charge in [-0.1, -0.05) is 0 Å². The Labute approximate surface area is 56.9 Å². The van der Waals surface area contributed by atoms with E-state index in [0.717, 1.165) is 0 Å². The van der Waals surface area contributed by atoms with Gasteiger partial charge >= 0.3 is 16.2 Å². The van der Waals surface area contributed by atoms with Gasteiger partial charge in [0.05, 0.1) is 0 Å². The standard InChI is InChI=1S/C2H4ClNO4S/c3-1-9(6,7)8-2(4)5/h1H2,(H2,4,5). The van der Waals surface area contributed by atoms with E-state index in [1.54, 1.807) is 0 Å². The van der Waals surface area contributed by atoms with Crippen molar-refractivity contribution in [1.29, 1.82) is 0 Å². The van der Waals surface area contributed by atoms with Crippen LogP contribution in [-0.2, 0) is 14.3 Å². The summed E-state index contributed by atoms with van der Waals surface area (Å²) in [5.74, 6) is 0. The molecule has 0 aliphatic carbocycles. The molecule has 0 aromatic heterocycles. The predicted octanol–water partition coefficient (Wildman–Crippen LogP) is -0.392. The molecule has 0 bridgehead atoms. The van der Waals surface area contributed by atoms with E-state index in [2.05, 4.69) is 9.92 Å². The molecule has 2 N–H and O–H groups in total. The molecule has 1 amide bonds. The molecule has 0 spiro atoms. The van der Waals surface area contributed by atoms with Crippen LogP contribution in [0.4, 0.5) is 4.79 Å². The third kappa shape index (κ3) is 4.04. The van der Waals surface area contributed by atoms with E-state index in [9.17, 15) is 13.2 Å². The van der Waals surface area contributed by atoms with Crippen molar-refractivity contribution in [2.45, 2.75) is 0 Å². The molecular formula is C2H4ClNO4S. The van der Waals surface area contributed by atoms with Gasteiger partial charge in [0.25, 0.3) is 0 Å².